The van der Waals surface area contributed by atoms with Gasteiger partial charge in [-0.2, -0.15) is 0 Å². The summed E-state index contributed by atoms with van der Waals surface area (Å²) < 4.78 is 52.4. The molecule has 0 fully saturated rings. The summed E-state index contributed by atoms with van der Waals surface area (Å²) in [7, 11) is 6.33. The van der Waals surface area contributed by atoms with E-state index < -0.39 is 12.2 Å². The van der Waals surface area contributed by atoms with Crippen LogP contribution in [0.5, 0.6) is 46.0 Å². The van der Waals surface area contributed by atoms with E-state index in [2.05, 4.69) is 30.2 Å². The van der Waals surface area contributed by atoms with Gasteiger partial charge < -0.3 is 0 Å². The van der Waals surface area contributed by atoms with E-state index in [1.54, 1.807) is 52.7 Å². The van der Waals surface area contributed by atoms with Gasteiger partial charge in [0.1, 0.15) is 0 Å². The molecule has 244 valence electrons. The van der Waals surface area contributed by atoms with Crippen molar-refractivity contribution in [3.63, 3.8) is 0 Å². The summed E-state index contributed by atoms with van der Waals surface area (Å²) in [5.41, 5.74) is 0.668. The van der Waals surface area contributed by atoms with Crippen LogP contribution in [-0.2, 0) is 0 Å². The SMILES string of the molecule is COc1ccccc1OP(=[Se])(Oc1ccccc1OC)N(c1ccccc1)P(=[Se])(Oc1ccccc1OC)Oc1ccccc1OC. The molecule has 47 heavy (non-hydrogen) atoms. The molecule has 5 aromatic rings. The molecule has 0 spiro atoms. The summed E-state index contributed by atoms with van der Waals surface area (Å²) in [4.78, 5) is 0. The Hall–Kier alpha value is -3.80. The van der Waals surface area contributed by atoms with Gasteiger partial charge in [-0.1, -0.05) is 0 Å². The average Bonchev–Trinajstić information content (AvgIpc) is 3.09. The van der Waals surface area contributed by atoms with Gasteiger partial charge in [0.05, 0.1) is 0 Å². The molecule has 0 aliphatic rings. The summed E-state index contributed by atoms with van der Waals surface area (Å²) in [5.74, 6) is 3.73. The van der Waals surface area contributed by atoms with E-state index in [9.17, 15) is 0 Å². The maximum atomic E-state index is 6.94. The van der Waals surface area contributed by atoms with Crippen molar-refractivity contribution < 1.29 is 37.0 Å². The van der Waals surface area contributed by atoms with Crippen molar-refractivity contribution in [3.05, 3.63) is 127 Å². The van der Waals surface area contributed by atoms with E-state index in [4.69, 9.17) is 37.0 Å². The van der Waals surface area contributed by atoms with Crippen LogP contribution in [0.1, 0.15) is 0 Å². The minimum absolute atomic E-state index is 0.430. The third-order valence-corrected chi connectivity index (χ3v) is 16.7. The Bertz CT molecular complexity index is 1670. The molecule has 0 amide bonds. The summed E-state index contributed by atoms with van der Waals surface area (Å²) in [6, 6.07) is 38.9. The maximum absolute atomic E-state index is 6.94. The quantitative estimate of drug-likeness (QED) is 0.0765. The number of nitrogens with zero attached hydrogens (tertiary/aromatic N) is 1. The first kappa shape index (κ1) is 34.5. The molecule has 0 aliphatic heterocycles. The molecule has 0 heterocycles. The molecule has 0 bridgehead atoms. The van der Waals surface area contributed by atoms with Crippen LogP contribution in [0.4, 0.5) is 5.69 Å². The van der Waals surface area contributed by atoms with E-state index in [1.165, 1.54) is 0 Å². The van der Waals surface area contributed by atoms with Gasteiger partial charge in [0.25, 0.3) is 0 Å². The van der Waals surface area contributed by atoms with E-state index in [-0.39, 0.29) is 0 Å². The van der Waals surface area contributed by atoms with E-state index in [1.807, 2.05) is 108 Å². The Kier molecular flexibility index (Phi) is 11.7. The summed E-state index contributed by atoms with van der Waals surface area (Å²) in [5, 5.41) is 0. The van der Waals surface area contributed by atoms with Crippen LogP contribution in [0.3, 0.4) is 0 Å². The fourth-order valence-electron chi connectivity index (χ4n) is 4.44. The topological polar surface area (TPSA) is 77.1 Å². The molecule has 0 N–H and O–H groups in total. The van der Waals surface area contributed by atoms with Gasteiger partial charge in [0, 0.05) is 0 Å². The zero-order valence-electron chi connectivity index (χ0n) is 26.0. The second-order valence-electron chi connectivity index (χ2n) is 9.53. The second-order valence-corrected chi connectivity index (χ2v) is 19.1. The summed E-state index contributed by atoms with van der Waals surface area (Å²) in [6.45, 7) is 0. The van der Waals surface area contributed by atoms with Crippen LogP contribution in [0.15, 0.2) is 127 Å². The van der Waals surface area contributed by atoms with Crippen molar-refractivity contribution in [2.75, 3.05) is 32.9 Å². The number of anilines is 1. The molecule has 0 aliphatic carbocycles. The molecule has 5 aromatic carbocycles. The average molecular weight is 804 g/mol. The number of methoxy groups -OCH3 is 4. The molecule has 0 saturated carbocycles. The molecule has 9 nitrogen and oxygen atoms in total. The van der Waals surface area contributed by atoms with Crippen LogP contribution in [0, 0.1) is 0 Å². The molecule has 0 aromatic heterocycles. The zero-order chi connectivity index (χ0) is 33.3. The normalized spacial score (nSPS) is 11.1. The molecule has 0 atom stereocenters. The molecule has 13 heteroatoms. The predicted octanol–water partition coefficient (Wildman–Crippen LogP) is 8.54. The van der Waals surface area contributed by atoms with Crippen molar-refractivity contribution in [2.45, 2.75) is 0 Å². The third-order valence-electron chi connectivity index (χ3n) is 6.58. The van der Waals surface area contributed by atoms with Crippen LogP contribution < -0.4 is 41.5 Å². The molecule has 0 radical (unpaired) electrons. The number of hydrogen-bond donors (Lipinski definition) is 0. The van der Waals surface area contributed by atoms with Crippen LogP contribution in [0.25, 0.3) is 0 Å². The zero-order valence-corrected chi connectivity index (χ0v) is 31.3. The Labute approximate surface area is 290 Å². The van der Waals surface area contributed by atoms with Gasteiger partial charge in [-0.3, -0.25) is 0 Å². The monoisotopic (exact) mass is 805 g/mol. The molecular weight excluding hydrogens is 770 g/mol. The first-order valence-corrected chi connectivity index (χ1v) is 21.8. The predicted molar refractivity (Wildman–Crippen MR) is 189 cm³/mol. The van der Waals surface area contributed by atoms with Crippen molar-refractivity contribution in [1.29, 1.82) is 0 Å². The van der Waals surface area contributed by atoms with Crippen LogP contribution >= 0.6 is 12.2 Å². The number of benzene rings is 5. The Balaban J connectivity index is 1.80. The van der Waals surface area contributed by atoms with Gasteiger partial charge >= 0.3 is 291 Å². The summed E-state index contributed by atoms with van der Waals surface area (Å²) in [6.07, 6.45) is -7.07. The van der Waals surface area contributed by atoms with E-state index in [0.29, 0.717) is 51.7 Å². The first-order chi connectivity index (χ1) is 22.8. The van der Waals surface area contributed by atoms with Gasteiger partial charge in [-0.15, -0.1) is 0 Å². The van der Waals surface area contributed by atoms with Crippen LogP contribution in [-0.4, -0.2) is 58.6 Å². The van der Waals surface area contributed by atoms with Gasteiger partial charge in [0.2, 0.25) is 0 Å². The number of ether oxygens (including phenoxy) is 4. The molecule has 5 rings (SSSR count). The molecule has 0 saturated heterocycles. The van der Waals surface area contributed by atoms with Crippen molar-refractivity contribution in [1.82, 2.24) is 0 Å². The fraction of sp³-hybridized carbons (Fsp3) is 0.118. The molecule has 0 unspecified atom stereocenters. The van der Waals surface area contributed by atoms with Gasteiger partial charge in [-0.25, -0.2) is 0 Å². The fourth-order valence-corrected chi connectivity index (χ4v) is 17.7. The minimum atomic E-state index is -3.53. The van der Waals surface area contributed by atoms with Crippen molar-refractivity contribution in [3.8, 4) is 46.0 Å². The van der Waals surface area contributed by atoms with Gasteiger partial charge in [0.15, 0.2) is 0 Å². The number of hydrogen-bond acceptors (Lipinski definition) is 9. The second kappa shape index (κ2) is 15.9. The first-order valence-electron chi connectivity index (χ1n) is 14.2. The van der Waals surface area contributed by atoms with Crippen molar-refractivity contribution >= 4 is 48.1 Å². The Morgan fingerprint density at radius 3 is 0.851 bits per heavy atom. The Morgan fingerprint density at radius 1 is 0.362 bits per heavy atom. The van der Waals surface area contributed by atoms with Crippen LogP contribution in [0.2, 0.25) is 0 Å². The summed E-state index contributed by atoms with van der Waals surface area (Å²) >= 11 is 6.58. The van der Waals surface area contributed by atoms with E-state index in [0.717, 1.165) is 0 Å². The number of para-hydroxylation sites is 9. The van der Waals surface area contributed by atoms with Gasteiger partial charge in [-0.05, 0) is 0 Å². The third kappa shape index (κ3) is 8.02. The standard InChI is InChI=1S/C34H33NO8P2Se2/c1-36-27-18-8-12-22-31(27)40-44(46,41-32-23-13-9-19-28(32)37-2)35(26-16-6-5-7-17-26)45(47,42-33-24-14-10-20-29(33)38-3)43-34-25-15-11-21-30(34)39-4/h5-25H,1-4H3. The molecular formula is C34H33NO8P2Se2. The Morgan fingerprint density at radius 2 is 0.596 bits per heavy atom. The van der Waals surface area contributed by atoms with E-state index >= 15 is 0 Å². The van der Waals surface area contributed by atoms with Crippen molar-refractivity contribution in [2.24, 2.45) is 0 Å². The number of rotatable bonds is 15.